The zero-order chi connectivity index (χ0) is 13.7. The number of hydrogen-bond acceptors (Lipinski definition) is 3. The summed E-state index contributed by atoms with van der Waals surface area (Å²) in [6, 6.07) is 8.13. The van der Waals surface area contributed by atoms with Gasteiger partial charge in [0.2, 0.25) is 0 Å². The number of ether oxygens (including phenoxy) is 1. The van der Waals surface area contributed by atoms with E-state index >= 15 is 0 Å². The van der Waals surface area contributed by atoms with Gasteiger partial charge in [-0.3, -0.25) is 4.79 Å². The molecule has 1 aromatic rings. The first-order valence-electron chi connectivity index (χ1n) is 7.23. The van der Waals surface area contributed by atoms with Crippen LogP contribution >= 0.6 is 0 Å². The van der Waals surface area contributed by atoms with E-state index in [2.05, 4.69) is 11.6 Å². The maximum atomic E-state index is 12.8. The molecule has 1 aromatic carbocycles. The van der Waals surface area contributed by atoms with Crippen LogP contribution in [0.3, 0.4) is 0 Å². The predicted molar refractivity (Wildman–Crippen MR) is 74.8 cm³/mol. The molecule has 20 heavy (non-hydrogen) atoms. The Bertz CT molecular complexity index is 586. The average Bonchev–Trinajstić information content (AvgIpc) is 3.02. The smallest absolute Gasteiger partial charge is 0.271 e. The summed E-state index contributed by atoms with van der Waals surface area (Å²) in [5, 5.41) is 4.08. The van der Waals surface area contributed by atoms with Gasteiger partial charge >= 0.3 is 0 Å². The second kappa shape index (κ2) is 4.17. The molecule has 0 unspecified atom stereocenters. The molecular formula is C16H18N2O2. The van der Waals surface area contributed by atoms with Crippen molar-refractivity contribution < 1.29 is 9.53 Å². The second-order valence-electron chi connectivity index (χ2n) is 5.71. The van der Waals surface area contributed by atoms with Crippen LogP contribution < -0.4 is 0 Å². The average molecular weight is 270 g/mol. The van der Waals surface area contributed by atoms with Crippen molar-refractivity contribution in [3.8, 4) is 0 Å². The summed E-state index contributed by atoms with van der Waals surface area (Å²) >= 11 is 0. The maximum absolute atomic E-state index is 12.8. The Kier molecular flexibility index (Phi) is 2.53. The molecular weight excluding hydrogens is 252 g/mol. The van der Waals surface area contributed by atoms with Gasteiger partial charge in [-0.25, -0.2) is 10.0 Å². The number of hydrazine groups is 1. The van der Waals surface area contributed by atoms with Crippen LogP contribution in [0.5, 0.6) is 0 Å². The minimum absolute atomic E-state index is 0.0639. The lowest BCUT2D eigenvalue weighted by atomic mass is 9.97. The number of carbonyl (C=O) groups excluding carboxylic acids is 1. The van der Waals surface area contributed by atoms with Gasteiger partial charge in [0.15, 0.2) is 5.72 Å². The SMILES string of the molecule is C=CC[C@]12OC[C@@H]3CCCN3N1C(=O)c1ccccc12. The minimum Gasteiger partial charge on any atom is -0.348 e. The van der Waals surface area contributed by atoms with Gasteiger partial charge in [-0.15, -0.1) is 6.58 Å². The van der Waals surface area contributed by atoms with E-state index in [1.54, 1.807) is 0 Å². The molecule has 104 valence electrons. The fourth-order valence-corrected chi connectivity index (χ4v) is 3.80. The first kappa shape index (κ1) is 12.1. The Morgan fingerprint density at radius 3 is 3.15 bits per heavy atom. The lowest BCUT2D eigenvalue weighted by molar-refractivity contribution is -0.265. The Hall–Kier alpha value is -1.65. The van der Waals surface area contributed by atoms with Gasteiger partial charge in [0.25, 0.3) is 5.91 Å². The molecule has 3 heterocycles. The number of hydrogen-bond donors (Lipinski definition) is 0. The molecule has 4 nitrogen and oxygen atoms in total. The topological polar surface area (TPSA) is 32.8 Å². The summed E-state index contributed by atoms with van der Waals surface area (Å²) in [7, 11) is 0. The predicted octanol–water partition coefficient (Wildman–Crippen LogP) is 2.28. The van der Waals surface area contributed by atoms with Gasteiger partial charge in [0.05, 0.1) is 12.6 Å². The van der Waals surface area contributed by atoms with Crippen LogP contribution in [0.25, 0.3) is 0 Å². The normalized spacial score (nSPS) is 31.9. The monoisotopic (exact) mass is 270 g/mol. The Morgan fingerprint density at radius 2 is 2.30 bits per heavy atom. The number of benzene rings is 1. The molecule has 0 bridgehead atoms. The van der Waals surface area contributed by atoms with Gasteiger partial charge in [0.1, 0.15) is 0 Å². The molecule has 1 amide bonds. The van der Waals surface area contributed by atoms with E-state index in [0.29, 0.717) is 19.1 Å². The van der Waals surface area contributed by atoms with Gasteiger partial charge in [-0.05, 0) is 18.9 Å². The summed E-state index contributed by atoms with van der Waals surface area (Å²) in [4.78, 5) is 12.8. The van der Waals surface area contributed by atoms with Crippen LogP contribution in [0.15, 0.2) is 36.9 Å². The largest absolute Gasteiger partial charge is 0.348 e. The van der Waals surface area contributed by atoms with E-state index in [-0.39, 0.29) is 5.91 Å². The molecule has 0 aromatic heterocycles. The molecule has 0 spiro atoms. The molecule has 4 rings (SSSR count). The Balaban J connectivity index is 1.89. The third-order valence-corrected chi connectivity index (χ3v) is 4.65. The van der Waals surface area contributed by atoms with Crippen LogP contribution in [0.4, 0.5) is 0 Å². The molecule has 4 heteroatoms. The summed E-state index contributed by atoms with van der Waals surface area (Å²) in [5.41, 5.74) is 1.08. The Morgan fingerprint density at radius 1 is 1.45 bits per heavy atom. The van der Waals surface area contributed by atoms with Crippen molar-refractivity contribution >= 4 is 5.91 Å². The van der Waals surface area contributed by atoms with E-state index in [4.69, 9.17) is 4.74 Å². The summed E-state index contributed by atoms with van der Waals surface area (Å²) in [6.45, 7) is 5.48. The van der Waals surface area contributed by atoms with Crippen molar-refractivity contribution in [1.82, 2.24) is 10.0 Å². The number of amides is 1. The number of fused-ring (bicyclic) bond motifs is 5. The highest BCUT2D eigenvalue weighted by Gasteiger charge is 2.57. The van der Waals surface area contributed by atoms with Crippen molar-refractivity contribution in [2.75, 3.05) is 13.2 Å². The summed E-state index contributed by atoms with van der Waals surface area (Å²) in [5.74, 6) is 0.0639. The van der Waals surface area contributed by atoms with Crippen LogP contribution in [-0.4, -0.2) is 35.1 Å². The number of rotatable bonds is 2. The fraction of sp³-hybridized carbons (Fsp3) is 0.438. The molecule has 0 N–H and O–H groups in total. The highest BCUT2D eigenvalue weighted by Crippen LogP contribution is 2.48. The molecule has 0 radical (unpaired) electrons. The van der Waals surface area contributed by atoms with Crippen LogP contribution in [0, 0.1) is 0 Å². The fourth-order valence-electron chi connectivity index (χ4n) is 3.80. The van der Waals surface area contributed by atoms with E-state index in [0.717, 1.165) is 30.5 Å². The minimum atomic E-state index is -0.670. The third kappa shape index (κ3) is 1.35. The molecule has 3 aliphatic heterocycles. The van der Waals surface area contributed by atoms with E-state index in [9.17, 15) is 4.79 Å². The highest BCUT2D eigenvalue weighted by atomic mass is 16.5. The molecule has 2 atom stereocenters. The van der Waals surface area contributed by atoms with Gasteiger partial charge in [0, 0.05) is 24.1 Å². The van der Waals surface area contributed by atoms with Crippen molar-refractivity contribution in [2.45, 2.75) is 31.0 Å². The first-order chi connectivity index (χ1) is 9.78. The Labute approximate surface area is 118 Å². The van der Waals surface area contributed by atoms with Crippen LogP contribution in [0.2, 0.25) is 0 Å². The lowest BCUT2D eigenvalue weighted by Gasteiger charge is -2.49. The van der Waals surface area contributed by atoms with Crippen LogP contribution in [-0.2, 0) is 10.5 Å². The quantitative estimate of drug-likeness (QED) is 0.773. The van der Waals surface area contributed by atoms with E-state index < -0.39 is 5.72 Å². The number of nitrogens with zero attached hydrogens (tertiary/aromatic N) is 2. The van der Waals surface area contributed by atoms with E-state index in [1.807, 2.05) is 35.4 Å². The molecule has 0 saturated carbocycles. The van der Waals surface area contributed by atoms with Crippen LogP contribution in [0.1, 0.15) is 35.2 Å². The second-order valence-corrected chi connectivity index (χ2v) is 5.71. The van der Waals surface area contributed by atoms with Gasteiger partial charge in [-0.1, -0.05) is 24.3 Å². The van der Waals surface area contributed by atoms with Crippen molar-refractivity contribution in [3.63, 3.8) is 0 Å². The zero-order valence-electron chi connectivity index (χ0n) is 11.4. The molecule has 0 aliphatic carbocycles. The zero-order valence-corrected chi connectivity index (χ0v) is 11.4. The van der Waals surface area contributed by atoms with Crippen molar-refractivity contribution in [1.29, 1.82) is 0 Å². The van der Waals surface area contributed by atoms with E-state index in [1.165, 1.54) is 0 Å². The summed E-state index contributed by atoms with van der Waals surface area (Å²) in [6.07, 6.45) is 4.69. The number of carbonyl (C=O) groups is 1. The van der Waals surface area contributed by atoms with Crippen molar-refractivity contribution in [3.05, 3.63) is 48.0 Å². The van der Waals surface area contributed by atoms with Gasteiger partial charge < -0.3 is 4.74 Å². The molecule has 2 fully saturated rings. The molecule has 3 aliphatic rings. The summed E-state index contributed by atoms with van der Waals surface area (Å²) < 4.78 is 6.23. The van der Waals surface area contributed by atoms with Gasteiger partial charge in [-0.2, -0.15) is 0 Å². The molecule has 2 saturated heterocycles. The lowest BCUT2D eigenvalue weighted by Crippen LogP contribution is -2.62. The standard InChI is InChI=1S/C16H18N2O2/c1-2-9-16-14-8-4-3-7-13(14)15(19)18(16)17-10-5-6-12(17)11-20-16/h2-4,7-8,12H,1,5-6,9-11H2/t12-,16+/m0/s1. The highest BCUT2D eigenvalue weighted by molar-refractivity contribution is 5.99. The third-order valence-electron chi connectivity index (χ3n) is 4.65. The maximum Gasteiger partial charge on any atom is 0.271 e. The first-order valence-corrected chi connectivity index (χ1v) is 7.23. The van der Waals surface area contributed by atoms with Crippen molar-refractivity contribution in [2.24, 2.45) is 0 Å².